The highest BCUT2D eigenvalue weighted by molar-refractivity contribution is 7.93. The molecule has 8 heteroatoms. The summed E-state index contributed by atoms with van der Waals surface area (Å²) in [7, 11) is -3.76. The summed E-state index contributed by atoms with van der Waals surface area (Å²) >= 11 is 0.966. The predicted molar refractivity (Wildman–Crippen MR) is 79.4 cm³/mol. The van der Waals surface area contributed by atoms with Gasteiger partial charge in [-0.05, 0) is 36.4 Å². The molecule has 2 aromatic carbocycles. The number of sulfonamides is 1. The van der Waals surface area contributed by atoms with Crippen LogP contribution in [-0.2, 0) is 10.0 Å². The number of hydrogen-bond donors (Lipinski definition) is 1. The van der Waals surface area contributed by atoms with Crippen LogP contribution in [0.4, 0.5) is 5.69 Å². The van der Waals surface area contributed by atoms with Gasteiger partial charge in [-0.25, -0.2) is 8.42 Å². The van der Waals surface area contributed by atoms with E-state index in [1.807, 2.05) is 6.07 Å². The Bertz CT molecular complexity index is 940. The molecular weight excluding hydrogens is 308 g/mol. The number of nitrogens with one attached hydrogen (secondary N) is 1. The van der Waals surface area contributed by atoms with E-state index in [0.717, 1.165) is 11.7 Å². The molecule has 0 saturated heterocycles. The van der Waals surface area contributed by atoms with E-state index in [1.165, 1.54) is 18.2 Å². The first-order chi connectivity index (χ1) is 10.1. The van der Waals surface area contributed by atoms with Crippen molar-refractivity contribution < 1.29 is 8.42 Å². The Balaban J connectivity index is 2.00. The van der Waals surface area contributed by atoms with Crippen molar-refractivity contribution in [1.29, 1.82) is 5.26 Å². The summed E-state index contributed by atoms with van der Waals surface area (Å²) in [5.41, 5.74) is 1.74. The molecule has 3 rings (SSSR count). The lowest BCUT2D eigenvalue weighted by Crippen LogP contribution is -2.13. The summed E-state index contributed by atoms with van der Waals surface area (Å²) in [6.07, 6.45) is 0. The van der Waals surface area contributed by atoms with E-state index in [-0.39, 0.29) is 4.90 Å². The van der Waals surface area contributed by atoms with Gasteiger partial charge in [-0.1, -0.05) is 6.07 Å². The second kappa shape index (κ2) is 5.12. The number of anilines is 1. The van der Waals surface area contributed by atoms with Crippen molar-refractivity contribution in [2.45, 2.75) is 4.90 Å². The number of hydrogen-bond acceptors (Lipinski definition) is 6. The van der Waals surface area contributed by atoms with Gasteiger partial charge in [-0.3, -0.25) is 4.72 Å². The van der Waals surface area contributed by atoms with Crippen LogP contribution in [0, 0.1) is 11.3 Å². The molecule has 3 aromatic rings. The number of rotatable bonds is 3. The Morgan fingerprint density at radius 1 is 1.10 bits per heavy atom. The van der Waals surface area contributed by atoms with Crippen LogP contribution in [-0.4, -0.2) is 17.2 Å². The van der Waals surface area contributed by atoms with Crippen molar-refractivity contribution in [2.75, 3.05) is 4.72 Å². The van der Waals surface area contributed by atoms with Gasteiger partial charge in [0, 0.05) is 5.69 Å². The van der Waals surface area contributed by atoms with Crippen molar-refractivity contribution in [1.82, 2.24) is 8.75 Å². The number of nitrogens with zero attached hydrogens (tertiary/aromatic N) is 3. The molecule has 1 heterocycles. The molecule has 0 unspecified atom stereocenters. The lowest BCUT2D eigenvalue weighted by molar-refractivity contribution is 0.602. The van der Waals surface area contributed by atoms with Crippen molar-refractivity contribution in [3.63, 3.8) is 0 Å². The zero-order valence-corrected chi connectivity index (χ0v) is 12.1. The van der Waals surface area contributed by atoms with Crippen molar-refractivity contribution in [3.8, 4) is 6.07 Å². The van der Waals surface area contributed by atoms with Crippen LogP contribution in [0.5, 0.6) is 0 Å². The number of fused-ring (bicyclic) bond motifs is 1. The number of nitriles is 1. The SMILES string of the molecule is N#Cc1ccc(NS(=O)(=O)c2cccc3nsnc23)cc1. The maximum Gasteiger partial charge on any atom is 0.264 e. The molecule has 0 aliphatic carbocycles. The second-order valence-electron chi connectivity index (χ2n) is 4.18. The minimum Gasteiger partial charge on any atom is -0.280 e. The summed E-state index contributed by atoms with van der Waals surface area (Å²) in [4.78, 5) is 0.0816. The Morgan fingerprint density at radius 3 is 2.57 bits per heavy atom. The largest absolute Gasteiger partial charge is 0.280 e. The molecule has 0 spiro atoms. The second-order valence-corrected chi connectivity index (χ2v) is 6.36. The van der Waals surface area contributed by atoms with Crippen molar-refractivity contribution >= 4 is 38.5 Å². The normalized spacial score (nSPS) is 11.2. The van der Waals surface area contributed by atoms with E-state index < -0.39 is 10.0 Å². The summed E-state index contributed by atoms with van der Waals surface area (Å²) in [6, 6.07) is 13.0. The topological polar surface area (TPSA) is 95.7 Å². The van der Waals surface area contributed by atoms with Crippen LogP contribution >= 0.6 is 11.7 Å². The quantitative estimate of drug-likeness (QED) is 0.800. The maximum absolute atomic E-state index is 12.4. The van der Waals surface area contributed by atoms with E-state index in [0.29, 0.717) is 22.3 Å². The third kappa shape index (κ3) is 2.56. The summed E-state index contributed by atoms with van der Waals surface area (Å²) in [6.45, 7) is 0. The molecule has 6 nitrogen and oxygen atoms in total. The summed E-state index contributed by atoms with van der Waals surface area (Å²) in [5, 5.41) is 8.73. The lowest BCUT2D eigenvalue weighted by atomic mass is 10.2. The highest BCUT2D eigenvalue weighted by Gasteiger charge is 2.19. The fraction of sp³-hybridized carbons (Fsp3) is 0. The minimum absolute atomic E-state index is 0.0816. The summed E-state index contributed by atoms with van der Waals surface area (Å²) in [5.74, 6) is 0. The Hall–Kier alpha value is -2.50. The molecule has 1 N–H and O–H groups in total. The van der Waals surface area contributed by atoms with E-state index in [1.54, 1.807) is 24.3 Å². The van der Waals surface area contributed by atoms with Gasteiger partial charge in [0.1, 0.15) is 15.9 Å². The first-order valence-corrected chi connectivity index (χ1v) is 8.06. The molecule has 0 saturated carbocycles. The molecule has 1 aromatic heterocycles. The molecule has 0 atom stereocenters. The fourth-order valence-electron chi connectivity index (χ4n) is 1.82. The monoisotopic (exact) mass is 316 g/mol. The maximum atomic E-state index is 12.4. The highest BCUT2D eigenvalue weighted by atomic mass is 32.2. The van der Waals surface area contributed by atoms with Crippen molar-refractivity contribution in [2.24, 2.45) is 0 Å². The molecular formula is C13H8N4O2S2. The van der Waals surface area contributed by atoms with Crippen LogP contribution in [0.1, 0.15) is 5.56 Å². The fourth-order valence-corrected chi connectivity index (χ4v) is 3.65. The zero-order valence-electron chi connectivity index (χ0n) is 10.5. The van der Waals surface area contributed by atoms with Crippen LogP contribution in [0.25, 0.3) is 11.0 Å². The van der Waals surface area contributed by atoms with Crippen LogP contribution in [0.3, 0.4) is 0 Å². The zero-order chi connectivity index (χ0) is 14.9. The van der Waals surface area contributed by atoms with E-state index >= 15 is 0 Å². The molecule has 0 fully saturated rings. The Kier molecular flexibility index (Phi) is 3.29. The smallest absolute Gasteiger partial charge is 0.264 e. The first kappa shape index (κ1) is 13.5. The van der Waals surface area contributed by atoms with E-state index in [9.17, 15) is 8.42 Å². The van der Waals surface area contributed by atoms with Crippen LogP contribution in [0.2, 0.25) is 0 Å². The highest BCUT2D eigenvalue weighted by Crippen LogP contribution is 2.23. The average Bonchev–Trinajstić information content (AvgIpc) is 2.95. The van der Waals surface area contributed by atoms with Gasteiger partial charge in [0.2, 0.25) is 0 Å². The molecule has 0 amide bonds. The van der Waals surface area contributed by atoms with Gasteiger partial charge in [0.05, 0.1) is 23.4 Å². The van der Waals surface area contributed by atoms with Gasteiger partial charge in [0.15, 0.2) is 0 Å². The van der Waals surface area contributed by atoms with Gasteiger partial charge < -0.3 is 0 Å². The van der Waals surface area contributed by atoms with Gasteiger partial charge in [-0.2, -0.15) is 14.0 Å². The molecule has 0 aliphatic rings. The third-order valence-corrected chi connectivity index (χ3v) is 4.76. The lowest BCUT2D eigenvalue weighted by Gasteiger charge is -2.08. The number of aromatic nitrogens is 2. The molecule has 0 bridgehead atoms. The summed E-state index contributed by atoms with van der Waals surface area (Å²) < 4.78 is 35.4. The first-order valence-electron chi connectivity index (χ1n) is 5.84. The molecule has 0 aliphatic heterocycles. The van der Waals surface area contributed by atoms with Gasteiger partial charge in [0.25, 0.3) is 10.0 Å². The van der Waals surface area contributed by atoms with Gasteiger partial charge in [-0.15, -0.1) is 0 Å². The molecule has 21 heavy (non-hydrogen) atoms. The van der Waals surface area contributed by atoms with Crippen LogP contribution < -0.4 is 4.72 Å². The average molecular weight is 316 g/mol. The van der Waals surface area contributed by atoms with Crippen LogP contribution in [0.15, 0.2) is 47.4 Å². The predicted octanol–water partition coefficient (Wildman–Crippen LogP) is 2.36. The minimum atomic E-state index is -3.76. The molecule has 104 valence electrons. The van der Waals surface area contributed by atoms with Gasteiger partial charge >= 0.3 is 0 Å². The van der Waals surface area contributed by atoms with E-state index in [2.05, 4.69) is 13.5 Å². The Labute approximate surface area is 125 Å². The molecule has 0 radical (unpaired) electrons. The third-order valence-electron chi connectivity index (χ3n) is 2.80. The van der Waals surface area contributed by atoms with E-state index in [4.69, 9.17) is 5.26 Å². The Morgan fingerprint density at radius 2 is 1.86 bits per heavy atom. The van der Waals surface area contributed by atoms with Crippen molar-refractivity contribution in [3.05, 3.63) is 48.0 Å². The number of benzene rings is 2. The standard InChI is InChI=1S/C13H8N4O2S2/c14-8-9-4-6-10(7-5-9)17-21(18,19)12-3-1-2-11-13(12)16-20-15-11/h1-7,17H.